The second-order valence-corrected chi connectivity index (χ2v) is 5.21. The molecule has 2 rings (SSSR count). The lowest BCUT2D eigenvalue weighted by atomic mass is 9.93. The molecule has 1 unspecified atom stereocenters. The average Bonchev–Trinajstić information content (AvgIpc) is 2.45. The van der Waals surface area contributed by atoms with Crippen molar-refractivity contribution in [2.75, 3.05) is 6.61 Å². The number of aliphatic hydroxyl groups excluding tert-OH is 3. The van der Waals surface area contributed by atoms with E-state index in [0.29, 0.717) is 0 Å². The molecule has 0 saturated carbocycles. The molecule has 0 aromatic carbocycles. The van der Waals surface area contributed by atoms with Gasteiger partial charge in [0.2, 0.25) is 0 Å². The van der Waals surface area contributed by atoms with Gasteiger partial charge in [-0.2, -0.15) is 0 Å². The molecule has 2 saturated heterocycles. The Morgan fingerprint density at radius 3 is 2.14 bits per heavy atom. The third-order valence-corrected chi connectivity index (χ3v) is 3.58. The molecule has 2 fully saturated rings. The maximum atomic E-state index is 11.7. The Bertz CT molecular complexity index is 453. The SMILES string of the molecule is O=C1CCCCC(=O)O[C@]2(O)[C@@H](O)[C@H](O)[C@@H](CO)OC2(O)O1. The summed E-state index contributed by atoms with van der Waals surface area (Å²) in [7, 11) is 0. The zero-order valence-electron chi connectivity index (χ0n) is 11.5. The number of carbonyl (C=O) groups excluding carboxylic acids is 2. The van der Waals surface area contributed by atoms with Crippen LogP contribution in [0.1, 0.15) is 25.7 Å². The monoisotopic (exact) mass is 322 g/mol. The summed E-state index contributed by atoms with van der Waals surface area (Å²) in [4.78, 5) is 23.3. The van der Waals surface area contributed by atoms with Gasteiger partial charge in [0, 0.05) is 12.8 Å². The minimum atomic E-state index is -3.26. The first-order chi connectivity index (χ1) is 10.2. The van der Waals surface area contributed by atoms with E-state index in [0.717, 1.165) is 0 Å². The van der Waals surface area contributed by atoms with Gasteiger partial charge in [0.25, 0.3) is 0 Å². The summed E-state index contributed by atoms with van der Waals surface area (Å²) >= 11 is 0. The van der Waals surface area contributed by atoms with E-state index in [9.17, 15) is 30.0 Å². The van der Waals surface area contributed by atoms with Gasteiger partial charge < -0.3 is 39.7 Å². The van der Waals surface area contributed by atoms with Crippen LogP contribution >= 0.6 is 0 Å². The van der Waals surface area contributed by atoms with Crippen LogP contribution in [0.15, 0.2) is 0 Å². The lowest BCUT2D eigenvalue weighted by molar-refractivity contribution is -0.511. The van der Waals surface area contributed by atoms with E-state index < -0.39 is 48.6 Å². The summed E-state index contributed by atoms with van der Waals surface area (Å²) in [5, 5.41) is 49.4. The Kier molecular flexibility index (Phi) is 4.70. The molecule has 0 spiro atoms. The largest absolute Gasteiger partial charge is 0.420 e. The van der Waals surface area contributed by atoms with Gasteiger partial charge in [-0.15, -0.1) is 0 Å². The van der Waals surface area contributed by atoms with Crippen molar-refractivity contribution in [3.8, 4) is 0 Å². The van der Waals surface area contributed by atoms with Gasteiger partial charge in [-0.1, -0.05) is 0 Å². The smallest absolute Gasteiger partial charge is 0.399 e. The fraction of sp³-hybridized carbons (Fsp3) is 0.833. The average molecular weight is 322 g/mol. The number of fused-ring (bicyclic) bond motifs is 1. The maximum absolute atomic E-state index is 11.7. The van der Waals surface area contributed by atoms with Gasteiger partial charge >= 0.3 is 23.7 Å². The summed E-state index contributed by atoms with van der Waals surface area (Å²) in [5.74, 6) is -8.46. The quantitative estimate of drug-likeness (QED) is 0.316. The molecule has 10 nitrogen and oxygen atoms in total. The summed E-state index contributed by atoms with van der Waals surface area (Å²) in [6, 6.07) is 0. The molecule has 0 aromatic heterocycles. The normalized spacial score (nSPS) is 43.8. The van der Waals surface area contributed by atoms with Crippen LogP contribution in [0.4, 0.5) is 0 Å². The molecule has 22 heavy (non-hydrogen) atoms. The van der Waals surface area contributed by atoms with Crippen molar-refractivity contribution < 1.29 is 49.3 Å². The third-order valence-electron chi connectivity index (χ3n) is 3.58. The van der Waals surface area contributed by atoms with E-state index in [1.54, 1.807) is 0 Å². The molecule has 5 N–H and O–H groups in total. The van der Waals surface area contributed by atoms with Crippen molar-refractivity contribution in [2.24, 2.45) is 0 Å². The van der Waals surface area contributed by atoms with E-state index in [4.69, 9.17) is 9.84 Å². The molecule has 0 aliphatic carbocycles. The minimum Gasteiger partial charge on any atom is -0.420 e. The van der Waals surface area contributed by atoms with E-state index >= 15 is 0 Å². The van der Waals surface area contributed by atoms with Crippen molar-refractivity contribution >= 4 is 11.9 Å². The van der Waals surface area contributed by atoms with Crippen LogP contribution in [0.25, 0.3) is 0 Å². The first kappa shape index (κ1) is 17.1. The third kappa shape index (κ3) is 2.81. The standard InChI is InChI=1S/C12H18O10/c13-5-6-9(16)10(17)11(18)12(19,20-6)22-8(15)4-2-1-3-7(14)21-11/h6,9-10,13,16-19H,1-5H2/t6-,9-,10+,11-,12?/m1/s1. The van der Waals surface area contributed by atoms with Crippen LogP contribution in [-0.2, 0) is 23.8 Å². The minimum absolute atomic E-state index is 0.169. The Morgan fingerprint density at radius 1 is 1.05 bits per heavy atom. The van der Waals surface area contributed by atoms with Crippen molar-refractivity contribution in [2.45, 2.75) is 55.8 Å². The highest BCUT2D eigenvalue weighted by Gasteiger charge is 2.70. The van der Waals surface area contributed by atoms with Crippen LogP contribution < -0.4 is 0 Å². The van der Waals surface area contributed by atoms with Crippen LogP contribution in [-0.4, -0.2) is 74.2 Å². The number of rotatable bonds is 1. The van der Waals surface area contributed by atoms with Crippen molar-refractivity contribution in [3.63, 3.8) is 0 Å². The molecule has 126 valence electrons. The number of aliphatic hydroxyl groups is 5. The summed E-state index contributed by atoms with van der Waals surface area (Å²) < 4.78 is 14.0. The van der Waals surface area contributed by atoms with Crippen LogP contribution in [0, 0.1) is 0 Å². The zero-order valence-corrected chi connectivity index (χ0v) is 11.5. The topological polar surface area (TPSA) is 163 Å². The van der Waals surface area contributed by atoms with E-state index in [1.165, 1.54) is 0 Å². The molecule has 2 aliphatic heterocycles. The second-order valence-electron chi connectivity index (χ2n) is 5.21. The Hall–Kier alpha value is -1.30. The number of ether oxygens (including phenoxy) is 3. The highest BCUT2D eigenvalue weighted by molar-refractivity contribution is 5.72. The Morgan fingerprint density at radius 2 is 1.59 bits per heavy atom. The molecule has 2 heterocycles. The van der Waals surface area contributed by atoms with E-state index in [-0.39, 0.29) is 25.7 Å². The van der Waals surface area contributed by atoms with Crippen molar-refractivity contribution in [3.05, 3.63) is 0 Å². The maximum Gasteiger partial charge on any atom is 0.399 e. The first-order valence-electron chi connectivity index (χ1n) is 6.77. The summed E-state index contributed by atoms with van der Waals surface area (Å²) in [6.07, 6.45) is -5.56. The van der Waals surface area contributed by atoms with Crippen molar-refractivity contribution in [1.82, 2.24) is 0 Å². The van der Waals surface area contributed by atoms with Gasteiger partial charge in [0.15, 0.2) is 6.10 Å². The van der Waals surface area contributed by atoms with Gasteiger partial charge in [-0.05, 0) is 12.8 Å². The van der Waals surface area contributed by atoms with Gasteiger partial charge in [0.05, 0.1) is 6.61 Å². The predicted octanol–water partition coefficient (Wildman–Crippen LogP) is -2.91. The predicted molar refractivity (Wildman–Crippen MR) is 64.5 cm³/mol. The summed E-state index contributed by atoms with van der Waals surface area (Å²) in [6.45, 7) is -0.859. The fourth-order valence-corrected chi connectivity index (χ4v) is 2.32. The highest BCUT2D eigenvalue weighted by atomic mass is 16.9. The highest BCUT2D eigenvalue weighted by Crippen LogP contribution is 2.39. The van der Waals surface area contributed by atoms with E-state index in [2.05, 4.69) is 9.47 Å². The molecule has 5 atom stereocenters. The number of hydrogen-bond acceptors (Lipinski definition) is 10. The van der Waals surface area contributed by atoms with Gasteiger partial charge in [0.1, 0.15) is 12.2 Å². The zero-order chi connectivity index (χ0) is 16.5. The van der Waals surface area contributed by atoms with Gasteiger partial charge in [-0.25, -0.2) is 0 Å². The second kappa shape index (κ2) is 6.07. The molecule has 0 radical (unpaired) electrons. The summed E-state index contributed by atoms with van der Waals surface area (Å²) in [5.41, 5.74) is 0. The number of esters is 2. The first-order valence-corrected chi connectivity index (χ1v) is 6.77. The molecular formula is C12H18O10. The van der Waals surface area contributed by atoms with Crippen LogP contribution in [0.2, 0.25) is 0 Å². The fourth-order valence-electron chi connectivity index (χ4n) is 2.32. The van der Waals surface area contributed by atoms with Crippen molar-refractivity contribution in [1.29, 1.82) is 0 Å². The molecule has 10 heteroatoms. The lowest BCUT2D eigenvalue weighted by Gasteiger charge is -2.49. The number of carbonyl (C=O) groups is 2. The molecule has 2 aliphatic rings. The molecular weight excluding hydrogens is 304 g/mol. The molecule has 0 amide bonds. The molecule has 0 aromatic rings. The van der Waals surface area contributed by atoms with Crippen LogP contribution in [0.5, 0.6) is 0 Å². The Labute approximate surface area is 124 Å². The molecule has 0 bridgehead atoms. The van der Waals surface area contributed by atoms with E-state index in [1.807, 2.05) is 0 Å². The lowest BCUT2D eigenvalue weighted by Crippen LogP contribution is -2.75. The number of hydrogen-bond donors (Lipinski definition) is 5. The van der Waals surface area contributed by atoms with Gasteiger partial charge in [-0.3, -0.25) is 9.59 Å². The van der Waals surface area contributed by atoms with Crippen LogP contribution in [0.3, 0.4) is 0 Å². The Balaban J connectivity index is 2.41.